The van der Waals surface area contributed by atoms with Crippen LogP contribution in [0.4, 0.5) is 0 Å². The SMILES string of the molecule is CC1C=CC(CCSC2=C(C(=O)N3CCCC(CCO)C3)CCC=N2)=CC1. The van der Waals surface area contributed by atoms with Crippen LogP contribution in [0.5, 0.6) is 0 Å². The number of rotatable bonds is 7. The van der Waals surface area contributed by atoms with Gasteiger partial charge in [-0.3, -0.25) is 9.79 Å². The van der Waals surface area contributed by atoms with Crippen molar-refractivity contribution in [1.29, 1.82) is 0 Å². The van der Waals surface area contributed by atoms with Gasteiger partial charge < -0.3 is 10.0 Å². The second kappa shape index (κ2) is 10.3. The van der Waals surface area contributed by atoms with Crippen LogP contribution in [0.3, 0.4) is 0 Å². The summed E-state index contributed by atoms with van der Waals surface area (Å²) in [4.78, 5) is 19.7. The third-order valence-corrected chi connectivity index (χ3v) is 6.65. The molecule has 0 aromatic carbocycles. The fourth-order valence-electron chi connectivity index (χ4n) is 3.95. The van der Waals surface area contributed by atoms with Gasteiger partial charge in [-0.25, -0.2) is 0 Å². The molecule has 4 nitrogen and oxygen atoms in total. The van der Waals surface area contributed by atoms with Crippen LogP contribution in [0.2, 0.25) is 0 Å². The first-order valence-corrected chi connectivity index (χ1v) is 11.3. The molecule has 1 amide bonds. The van der Waals surface area contributed by atoms with Crippen molar-refractivity contribution in [3.8, 4) is 0 Å². The average molecular weight is 389 g/mol. The first kappa shape index (κ1) is 20.4. The van der Waals surface area contributed by atoms with Gasteiger partial charge in [0, 0.05) is 37.2 Å². The Morgan fingerprint density at radius 3 is 3.11 bits per heavy atom. The Balaban J connectivity index is 1.59. The first-order valence-electron chi connectivity index (χ1n) is 10.3. The number of carbonyl (C=O) groups is 1. The number of aliphatic imine (C=N–C) groups is 1. The van der Waals surface area contributed by atoms with Crippen molar-refractivity contribution in [2.24, 2.45) is 16.8 Å². The topological polar surface area (TPSA) is 52.9 Å². The molecule has 3 aliphatic rings. The quantitative estimate of drug-likeness (QED) is 0.706. The normalized spacial score (nSPS) is 25.7. The van der Waals surface area contributed by atoms with E-state index in [1.807, 2.05) is 11.1 Å². The Hall–Kier alpha value is -1.33. The van der Waals surface area contributed by atoms with Crippen molar-refractivity contribution >= 4 is 23.9 Å². The molecule has 2 heterocycles. The molecule has 148 valence electrons. The van der Waals surface area contributed by atoms with E-state index >= 15 is 0 Å². The van der Waals surface area contributed by atoms with Crippen LogP contribution in [0, 0.1) is 11.8 Å². The summed E-state index contributed by atoms with van der Waals surface area (Å²) in [5, 5.41) is 10.1. The fourth-order valence-corrected chi connectivity index (χ4v) is 4.99. The number of likely N-dealkylation sites (tertiary alicyclic amines) is 1. The molecule has 0 spiro atoms. The molecule has 27 heavy (non-hydrogen) atoms. The molecule has 2 aliphatic heterocycles. The number of thioether (sulfide) groups is 1. The molecular weight excluding hydrogens is 356 g/mol. The predicted molar refractivity (Wildman–Crippen MR) is 114 cm³/mol. The summed E-state index contributed by atoms with van der Waals surface area (Å²) in [5.74, 6) is 2.21. The van der Waals surface area contributed by atoms with E-state index in [4.69, 9.17) is 0 Å². The third kappa shape index (κ3) is 5.82. The minimum Gasteiger partial charge on any atom is -0.396 e. The molecule has 1 saturated heterocycles. The molecule has 0 bridgehead atoms. The lowest BCUT2D eigenvalue weighted by Gasteiger charge is -2.33. The van der Waals surface area contributed by atoms with Crippen molar-refractivity contribution in [2.75, 3.05) is 25.4 Å². The highest BCUT2D eigenvalue weighted by Gasteiger charge is 2.27. The third-order valence-electron chi connectivity index (χ3n) is 5.61. The Bertz CT molecular complexity index is 649. The van der Waals surface area contributed by atoms with Gasteiger partial charge in [-0.15, -0.1) is 11.8 Å². The molecule has 2 unspecified atom stereocenters. The van der Waals surface area contributed by atoms with E-state index < -0.39 is 0 Å². The van der Waals surface area contributed by atoms with Crippen LogP contribution in [-0.4, -0.2) is 47.6 Å². The Labute approximate surface area is 167 Å². The van der Waals surface area contributed by atoms with Crippen LogP contribution < -0.4 is 0 Å². The van der Waals surface area contributed by atoms with Crippen LogP contribution >= 0.6 is 11.8 Å². The van der Waals surface area contributed by atoms with E-state index in [0.29, 0.717) is 11.8 Å². The summed E-state index contributed by atoms with van der Waals surface area (Å²) in [6.45, 7) is 4.07. The van der Waals surface area contributed by atoms with Crippen molar-refractivity contribution < 1.29 is 9.90 Å². The molecule has 0 saturated carbocycles. The smallest absolute Gasteiger partial charge is 0.252 e. The zero-order valence-electron chi connectivity index (χ0n) is 16.4. The number of allylic oxidation sites excluding steroid dienone is 4. The molecule has 0 radical (unpaired) electrons. The average Bonchev–Trinajstić information content (AvgIpc) is 2.70. The summed E-state index contributed by atoms with van der Waals surface area (Å²) < 4.78 is 0. The maximum Gasteiger partial charge on any atom is 0.252 e. The number of hydrogen-bond donors (Lipinski definition) is 1. The maximum absolute atomic E-state index is 13.1. The summed E-state index contributed by atoms with van der Waals surface area (Å²) in [7, 11) is 0. The number of aliphatic hydroxyl groups is 1. The van der Waals surface area contributed by atoms with E-state index in [-0.39, 0.29) is 12.5 Å². The Morgan fingerprint density at radius 2 is 2.33 bits per heavy atom. The van der Waals surface area contributed by atoms with Gasteiger partial charge in [0.25, 0.3) is 5.91 Å². The highest BCUT2D eigenvalue weighted by Crippen LogP contribution is 2.31. The Morgan fingerprint density at radius 1 is 1.44 bits per heavy atom. The van der Waals surface area contributed by atoms with Crippen molar-refractivity contribution in [1.82, 2.24) is 4.90 Å². The van der Waals surface area contributed by atoms with Gasteiger partial charge in [-0.1, -0.05) is 30.7 Å². The molecule has 1 aliphatic carbocycles. The van der Waals surface area contributed by atoms with E-state index in [1.54, 1.807) is 11.8 Å². The highest BCUT2D eigenvalue weighted by molar-refractivity contribution is 8.03. The lowest BCUT2D eigenvalue weighted by Crippen LogP contribution is -2.41. The van der Waals surface area contributed by atoms with Crippen LogP contribution in [-0.2, 0) is 4.79 Å². The number of nitrogens with zero attached hydrogens (tertiary/aromatic N) is 2. The summed E-state index contributed by atoms with van der Waals surface area (Å²) >= 11 is 1.72. The molecule has 1 N–H and O–H groups in total. The molecule has 2 atom stereocenters. The van der Waals surface area contributed by atoms with E-state index in [9.17, 15) is 9.90 Å². The molecule has 5 heteroatoms. The van der Waals surface area contributed by atoms with Crippen molar-refractivity contribution in [2.45, 2.75) is 51.9 Å². The van der Waals surface area contributed by atoms with Gasteiger partial charge >= 0.3 is 0 Å². The lowest BCUT2D eigenvalue weighted by molar-refractivity contribution is -0.129. The molecule has 1 fully saturated rings. The zero-order chi connectivity index (χ0) is 19.1. The van der Waals surface area contributed by atoms with Gasteiger partial charge in [0.05, 0.1) is 0 Å². The lowest BCUT2D eigenvalue weighted by atomic mass is 9.94. The largest absolute Gasteiger partial charge is 0.396 e. The molecule has 3 rings (SSSR count). The van der Waals surface area contributed by atoms with Crippen LogP contribution in [0.25, 0.3) is 0 Å². The second-order valence-corrected chi connectivity index (χ2v) is 8.94. The number of aliphatic hydroxyl groups excluding tert-OH is 1. The number of carbonyl (C=O) groups excluding carboxylic acids is 1. The Kier molecular flexibility index (Phi) is 7.77. The van der Waals surface area contributed by atoms with Crippen molar-refractivity contribution in [3.63, 3.8) is 0 Å². The van der Waals surface area contributed by atoms with Gasteiger partial charge in [0.1, 0.15) is 5.03 Å². The first-order chi connectivity index (χ1) is 13.2. The van der Waals surface area contributed by atoms with Gasteiger partial charge in [-0.05, 0) is 56.8 Å². The van der Waals surface area contributed by atoms with E-state index in [0.717, 1.165) is 74.4 Å². The van der Waals surface area contributed by atoms with Gasteiger partial charge in [-0.2, -0.15) is 0 Å². The van der Waals surface area contributed by atoms with Crippen LogP contribution in [0.15, 0.2) is 39.4 Å². The predicted octanol–water partition coefficient (Wildman–Crippen LogP) is 4.33. The van der Waals surface area contributed by atoms with Crippen molar-refractivity contribution in [3.05, 3.63) is 34.4 Å². The van der Waals surface area contributed by atoms with E-state index in [1.165, 1.54) is 5.57 Å². The molecular formula is C22H32N2O2S. The summed E-state index contributed by atoms with van der Waals surface area (Å²) in [6, 6.07) is 0. The fraction of sp³-hybridized carbons (Fsp3) is 0.636. The van der Waals surface area contributed by atoms with Gasteiger partial charge in [0.2, 0.25) is 0 Å². The standard InChI is InChI=1S/C22H32N2O2S/c1-17-6-8-18(9-7-17)11-15-27-21-20(5-2-12-23-21)22(26)24-13-3-4-19(16-24)10-14-25/h6,8-9,12,17,19,25H,2-5,7,10-11,13-16H2,1H3. The number of piperidine rings is 1. The zero-order valence-corrected chi connectivity index (χ0v) is 17.2. The summed E-state index contributed by atoms with van der Waals surface area (Å²) in [6.07, 6.45) is 15.6. The minimum atomic E-state index is 0.169. The second-order valence-electron chi connectivity index (χ2n) is 7.86. The van der Waals surface area contributed by atoms with Crippen LogP contribution in [0.1, 0.15) is 51.9 Å². The van der Waals surface area contributed by atoms with Gasteiger partial charge in [0.15, 0.2) is 0 Å². The molecule has 0 aromatic heterocycles. The van der Waals surface area contributed by atoms with E-state index in [2.05, 4.69) is 30.1 Å². The maximum atomic E-state index is 13.1. The minimum absolute atomic E-state index is 0.169. The highest BCUT2D eigenvalue weighted by atomic mass is 32.2. The number of hydrogen-bond acceptors (Lipinski definition) is 4. The monoisotopic (exact) mass is 388 g/mol. The summed E-state index contributed by atoms with van der Waals surface area (Å²) in [5.41, 5.74) is 2.30. The molecule has 0 aromatic rings. The number of amides is 1.